The standard InChI is InChI=1S/C30H31NO2/c1-2-3-4-5-6-7-8-9-10-11-15-25-20-22-27(23-21-25)30(32)33-31-24-28-18-14-17-26-16-12-13-19-29(26)28/h12-14,16-23,31H,2-8,24H2,1H3/q+1/p+1. The van der Waals surface area contributed by atoms with Crippen molar-refractivity contribution in [1.82, 2.24) is 0 Å². The lowest BCUT2D eigenvalue weighted by atomic mass is 10.1. The van der Waals surface area contributed by atoms with Gasteiger partial charge in [-0.25, -0.2) is 0 Å². The number of hydroxylamine groups is 1. The van der Waals surface area contributed by atoms with E-state index < -0.39 is 0 Å². The SMILES string of the molecule is CCCCCCCCC#CC#Cc1ccc(C(=[O+])O[NH2+]Cc2cccc3ccccc23)cc1. The molecule has 0 bridgehead atoms. The minimum Gasteiger partial charge on any atom is -0.0891 e. The smallest absolute Gasteiger partial charge is 0.0891 e. The fraction of sp³-hybridized carbons (Fsp3) is 0.300. The number of carbonyl (C=O) groups is 1. The highest BCUT2D eigenvalue weighted by Crippen LogP contribution is 2.17. The first-order valence-corrected chi connectivity index (χ1v) is 11.9. The summed E-state index contributed by atoms with van der Waals surface area (Å²) < 4.78 is 0. The maximum absolute atomic E-state index is 12.3. The van der Waals surface area contributed by atoms with E-state index in [-0.39, 0.29) is 5.97 Å². The van der Waals surface area contributed by atoms with Crippen LogP contribution in [-0.4, -0.2) is 5.97 Å². The first-order valence-electron chi connectivity index (χ1n) is 11.9. The van der Waals surface area contributed by atoms with Crippen LogP contribution in [0.3, 0.4) is 0 Å². The van der Waals surface area contributed by atoms with Crippen molar-refractivity contribution < 1.29 is 15.1 Å². The zero-order valence-corrected chi connectivity index (χ0v) is 19.4. The number of nitrogens with two attached hydrogens (primary N) is 1. The molecule has 0 spiro atoms. The average molecular weight is 439 g/mol. The predicted molar refractivity (Wildman–Crippen MR) is 134 cm³/mol. The van der Waals surface area contributed by atoms with Gasteiger partial charge in [0.25, 0.3) is 0 Å². The third-order valence-corrected chi connectivity index (χ3v) is 5.51. The summed E-state index contributed by atoms with van der Waals surface area (Å²) in [5.74, 6) is 11.6. The number of carbonyl (C=O) groups excluding carboxylic acids is 1. The van der Waals surface area contributed by atoms with E-state index in [1.54, 1.807) is 17.6 Å². The number of hydrogen-bond acceptors (Lipinski definition) is 2. The average Bonchev–Trinajstić information content (AvgIpc) is 2.85. The normalized spacial score (nSPS) is 10.1. The van der Waals surface area contributed by atoms with Gasteiger partial charge in [0.05, 0.1) is 4.79 Å². The molecule has 167 valence electrons. The molecule has 0 aromatic heterocycles. The largest absolute Gasteiger partial charge is 0.669 e. The van der Waals surface area contributed by atoms with E-state index in [1.165, 1.54) is 42.9 Å². The number of rotatable bonds is 10. The monoisotopic (exact) mass is 438 g/mol. The van der Waals surface area contributed by atoms with Crippen LogP contribution in [0.2, 0.25) is 0 Å². The quantitative estimate of drug-likeness (QED) is 0.189. The van der Waals surface area contributed by atoms with Gasteiger partial charge in [-0.2, -0.15) is 0 Å². The summed E-state index contributed by atoms with van der Waals surface area (Å²) in [7, 11) is 0. The lowest BCUT2D eigenvalue weighted by molar-refractivity contribution is -0.883. The topological polar surface area (TPSA) is 45.7 Å². The maximum Gasteiger partial charge on any atom is 0.669 e. The highest BCUT2D eigenvalue weighted by molar-refractivity contribution is 5.89. The fourth-order valence-corrected chi connectivity index (χ4v) is 3.64. The summed E-state index contributed by atoms with van der Waals surface area (Å²) >= 11 is 0. The Morgan fingerprint density at radius 1 is 0.848 bits per heavy atom. The fourth-order valence-electron chi connectivity index (χ4n) is 3.64. The van der Waals surface area contributed by atoms with E-state index in [4.69, 9.17) is 4.84 Å². The number of fused-ring (bicyclic) bond motifs is 1. The van der Waals surface area contributed by atoms with Crippen LogP contribution in [0, 0.1) is 23.7 Å². The molecular weight excluding hydrogens is 406 g/mol. The molecule has 0 fully saturated rings. The molecule has 3 heteroatoms. The van der Waals surface area contributed by atoms with Crippen LogP contribution in [-0.2, 0) is 11.4 Å². The molecule has 1 radical (unpaired) electrons. The Bertz CT molecular complexity index is 1150. The molecule has 3 nitrogen and oxygen atoms in total. The van der Waals surface area contributed by atoms with Gasteiger partial charge < -0.3 is 0 Å². The molecule has 0 saturated heterocycles. The first-order chi connectivity index (χ1) is 16.3. The maximum atomic E-state index is 12.3. The molecular formula is C30H32NO2+2. The second kappa shape index (κ2) is 13.8. The van der Waals surface area contributed by atoms with Crippen molar-refractivity contribution in [2.45, 2.75) is 58.4 Å². The molecule has 0 amide bonds. The lowest BCUT2D eigenvalue weighted by Crippen LogP contribution is -2.82. The molecule has 0 heterocycles. The Balaban J connectivity index is 1.41. The molecule has 0 unspecified atom stereocenters. The van der Waals surface area contributed by atoms with Crippen molar-refractivity contribution in [3.05, 3.63) is 83.4 Å². The van der Waals surface area contributed by atoms with Gasteiger partial charge in [0, 0.05) is 17.5 Å². The minimum atomic E-state index is -0.367. The Hall–Kier alpha value is -3.53. The van der Waals surface area contributed by atoms with Crippen LogP contribution in [0.4, 0.5) is 0 Å². The van der Waals surface area contributed by atoms with Crippen LogP contribution in [0.25, 0.3) is 10.8 Å². The lowest BCUT2D eigenvalue weighted by Gasteiger charge is -2.02. The summed E-state index contributed by atoms with van der Waals surface area (Å²) in [6.07, 6.45) is 8.54. The number of hydrogen-bond donors (Lipinski definition) is 1. The van der Waals surface area contributed by atoms with E-state index in [2.05, 4.69) is 54.9 Å². The van der Waals surface area contributed by atoms with Gasteiger partial charge in [-0.1, -0.05) is 104 Å². The van der Waals surface area contributed by atoms with Gasteiger partial charge in [0.2, 0.25) is 0 Å². The summed E-state index contributed by atoms with van der Waals surface area (Å²) in [6.45, 7) is 2.80. The summed E-state index contributed by atoms with van der Waals surface area (Å²) in [6, 6.07) is 21.5. The molecule has 0 atom stereocenters. The second-order valence-electron chi connectivity index (χ2n) is 8.06. The molecule has 3 aromatic carbocycles. The number of benzene rings is 3. The Labute approximate surface area is 197 Å². The van der Waals surface area contributed by atoms with Crippen molar-refractivity contribution in [2.75, 3.05) is 0 Å². The van der Waals surface area contributed by atoms with Crippen LogP contribution in [0.15, 0.2) is 66.7 Å². The molecule has 0 aliphatic heterocycles. The highest BCUT2D eigenvalue weighted by atomic mass is 16.7. The minimum absolute atomic E-state index is 0.367. The summed E-state index contributed by atoms with van der Waals surface area (Å²) in [4.78, 5) is 17.7. The first kappa shape index (κ1) is 24.1. The zero-order valence-electron chi connectivity index (χ0n) is 19.4. The Morgan fingerprint density at radius 2 is 1.61 bits per heavy atom. The van der Waals surface area contributed by atoms with Gasteiger partial charge >= 0.3 is 5.97 Å². The van der Waals surface area contributed by atoms with E-state index in [0.29, 0.717) is 12.1 Å². The van der Waals surface area contributed by atoms with Crippen molar-refractivity contribution in [1.29, 1.82) is 0 Å². The van der Waals surface area contributed by atoms with Gasteiger partial charge in [-0.15, -0.1) is 0 Å². The molecule has 3 rings (SSSR count). The van der Waals surface area contributed by atoms with Crippen molar-refractivity contribution in [3.63, 3.8) is 0 Å². The molecule has 0 aliphatic rings. The predicted octanol–water partition coefficient (Wildman–Crippen LogP) is 5.78. The van der Waals surface area contributed by atoms with E-state index in [1.807, 2.05) is 30.3 Å². The highest BCUT2D eigenvalue weighted by Gasteiger charge is 2.24. The second-order valence-corrected chi connectivity index (χ2v) is 8.06. The number of quaternary nitrogens is 1. The third kappa shape index (κ3) is 8.15. The van der Waals surface area contributed by atoms with Crippen LogP contribution in [0.5, 0.6) is 0 Å². The van der Waals surface area contributed by atoms with Gasteiger partial charge in [-0.3, -0.25) is 0 Å². The van der Waals surface area contributed by atoms with Gasteiger partial charge in [0.15, 0.2) is 6.54 Å². The van der Waals surface area contributed by atoms with Crippen LogP contribution < -0.4 is 5.48 Å². The van der Waals surface area contributed by atoms with Crippen molar-refractivity contribution in [2.24, 2.45) is 0 Å². The molecule has 3 aromatic rings. The van der Waals surface area contributed by atoms with Crippen molar-refractivity contribution in [3.8, 4) is 23.7 Å². The molecule has 33 heavy (non-hydrogen) atoms. The summed E-state index contributed by atoms with van der Waals surface area (Å²) in [5.41, 5.74) is 4.03. The Kier molecular flexibility index (Phi) is 10.1. The van der Waals surface area contributed by atoms with Crippen molar-refractivity contribution >= 4 is 16.7 Å². The summed E-state index contributed by atoms with van der Waals surface area (Å²) in [5, 5.41) is 2.35. The van der Waals surface area contributed by atoms with Crippen LogP contribution in [0.1, 0.15) is 73.4 Å². The molecule has 0 saturated carbocycles. The van der Waals surface area contributed by atoms with E-state index in [9.17, 15) is 4.79 Å². The zero-order chi connectivity index (χ0) is 23.1. The van der Waals surface area contributed by atoms with Crippen LogP contribution >= 0.6 is 0 Å². The molecule has 2 N–H and O–H groups in total. The van der Waals surface area contributed by atoms with E-state index in [0.717, 1.165) is 24.0 Å². The molecule has 0 aliphatic carbocycles. The van der Waals surface area contributed by atoms with E-state index >= 15 is 0 Å². The number of unbranched alkanes of at least 4 members (excludes halogenated alkanes) is 6. The van der Waals surface area contributed by atoms with Gasteiger partial charge in [-0.05, 0) is 53.3 Å². The Morgan fingerprint density at radius 3 is 2.45 bits per heavy atom. The van der Waals surface area contributed by atoms with Gasteiger partial charge in [0.1, 0.15) is 5.56 Å². The third-order valence-electron chi connectivity index (χ3n) is 5.51.